The molecular formula is C11H10N4O. The lowest BCUT2D eigenvalue weighted by molar-refractivity contribution is 0.0994. The van der Waals surface area contributed by atoms with Crippen LogP contribution in [0.5, 0.6) is 0 Å². The maximum Gasteiger partial charge on any atom is 0.163 e. The number of nitrogens with zero attached hydrogens (tertiary/aromatic N) is 3. The van der Waals surface area contributed by atoms with Gasteiger partial charge in [-0.25, -0.2) is 5.10 Å². The van der Waals surface area contributed by atoms with Crippen LogP contribution >= 0.6 is 0 Å². The maximum atomic E-state index is 11.6. The second-order valence-electron chi connectivity index (χ2n) is 3.89. The van der Waals surface area contributed by atoms with Crippen molar-refractivity contribution in [3.05, 3.63) is 40.7 Å². The summed E-state index contributed by atoms with van der Waals surface area (Å²) in [4.78, 5) is 11.6. The average Bonchev–Trinajstić information content (AvgIpc) is 2.90. The lowest BCUT2D eigenvalue weighted by atomic mass is 10.0. The monoisotopic (exact) mass is 214 g/mol. The first-order valence-corrected chi connectivity index (χ1v) is 5.21. The Balaban J connectivity index is 2.00. The highest BCUT2D eigenvalue weighted by atomic mass is 16.1. The number of tetrazole rings is 1. The highest BCUT2D eigenvalue weighted by molar-refractivity contribution is 6.00. The van der Waals surface area contributed by atoms with Crippen LogP contribution in [0.15, 0.2) is 18.2 Å². The van der Waals surface area contributed by atoms with Crippen molar-refractivity contribution in [3.63, 3.8) is 0 Å². The van der Waals surface area contributed by atoms with Crippen molar-refractivity contribution in [2.24, 2.45) is 0 Å². The first kappa shape index (κ1) is 9.21. The van der Waals surface area contributed by atoms with Gasteiger partial charge in [-0.05, 0) is 28.0 Å². The van der Waals surface area contributed by atoms with Gasteiger partial charge >= 0.3 is 0 Å². The summed E-state index contributed by atoms with van der Waals surface area (Å²) in [5.74, 6) is 0.972. The van der Waals surface area contributed by atoms with E-state index < -0.39 is 0 Å². The number of fused-ring (bicyclic) bond motifs is 1. The van der Waals surface area contributed by atoms with Gasteiger partial charge in [-0.3, -0.25) is 4.79 Å². The van der Waals surface area contributed by atoms with Gasteiger partial charge in [0.15, 0.2) is 11.6 Å². The van der Waals surface area contributed by atoms with E-state index in [1.807, 2.05) is 18.2 Å². The van der Waals surface area contributed by atoms with Gasteiger partial charge in [-0.15, -0.1) is 5.10 Å². The van der Waals surface area contributed by atoms with Crippen LogP contribution < -0.4 is 0 Å². The molecule has 0 spiro atoms. The molecule has 1 heterocycles. The molecule has 80 valence electrons. The number of carbonyl (C=O) groups excluding carboxylic acids is 1. The Morgan fingerprint density at radius 3 is 3.06 bits per heavy atom. The largest absolute Gasteiger partial charge is 0.294 e. The van der Waals surface area contributed by atoms with E-state index in [9.17, 15) is 4.79 Å². The number of hydrogen-bond acceptors (Lipinski definition) is 4. The van der Waals surface area contributed by atoms with Gasteiger partial charge in [0.05, 0.1) is 0 Å². The zero-order chi connectivity index (χ0) is 11.0. The van der Waals surface area contributed by atoms with Crippen LogP contribution in [-0.4, -0.2) is 26.4 Å². The molecule has 1 N–H and O–H groups in total. The fourth-order valence-electron chi connectivity index (χ4n) is 2.16. The third kappa shape index (κ3) is 1.41. The van der Waals surface area contributed by atoms with Crippen molar-refractivity contribution in [1.29, 1.82) is 0 Å². The van der Waals surface area contributed by atoms with Crippen molar-refractivity contribution in [3.8, 4) is 0 Å². The van der Waals surface area contributed by atoms with E-state index in [0.29, 0.717) is 12.8 Å². The summed E-state index contributed by atoms with van der Waals surface area (Å²) in [7, 11) is 0. The second kappa shape index (κ2) is 3.52. The maximum absolute atomic E-state index is 11.6. The number of hydrogen-bond donors (Lipinski definition) is 1. The smallest absolute Gasteiger partial charge is 0.163 e. The van der Waals surface area contributed by atoms with Gasteiger partial charge < -0.3 is 0 Å². The van der Waals surface area contributed by atoms with E-state index in [0.717, 1.165) is 28.9 Å². The van der Waals surface area contributed by atoms with Crippen molar-refractivity contribution < 1.29 is 4.79 Å². The predicted molar refractivity (Wildman–Crippen MR) is 56.1 cm³/mol. The Morgan fingerprint density at radius 2 is 2.25 bits per heavy atom. The molecule has 0 aliphatic heterocycles. The summed E-state index contributed by atoms with van der Waals surface area (Å²) in [5.41, 5.74) is 3.16. The van der Waals surface area contributed by atoms with Crippen molar-refractivity contribution >= 4 is 5.78 Å². The first-order valence-electron chi connectivity index (χ1n) is 5.21. The number of aromatic amines is 1. The zero-order valence-electron chi connectivity index (χ0n) is 8.60. The minimum atomic E-state index is 0.243. The Labute approximate surface area is 91.9 Å². The number of carbonyl (C=O) groups is 1. The van der Waals surface area contributed by atoms with Gasteiger partial charge in [0, 0.05) is 18.4 Å². The van der Waals surface area contributed by atoms with Crippen LogP contribution in [0.4, 0.5) is 0 Å². The normalized spacial score (nSPS) is 14.1. The zero-order valence-corrected chi connectivity index (χ0v) is 8.60. The second-order valence-corrected chi connectivity index (χ2v) is 3.89. The lowest BCUT2D eigenvalue weighted by Crippen LogP contribution is -1.98. The van der Waals surface area contributed by atoms with Gasteiger partial charge in [0.2, 0.25) is 0 Å². The molecule has 1 aliphatic carbocycles. The lowest BCUT2D eigenvalue weighted by Gasteiger charge is -2.04. The van der Waals surface area contributed by atoms with Gasteiger partial charge in [-0.1, -0.05) is 18.2 Å². The molecule has 0 fully saturated rings. The number of ketones is 1. The highest BCUT2D eigenvalue weighted by Gasteiger charge is 2.21. The summed E-state index contributed by atoms with van der Waals surface area (Å²) in [6, 6.07) is 5.84. The number of H-pyrrole nitrogens is 1. The van der Waals surface area contributed by atoms with Crippen molar-refractivity contribution in [1.82, 2.24) is 20.6 Å². The van der Waals surface area contributed by atoms with E-state index >= 15 is 0 Å². The molecule has 5 heteroatoms. The molecule has 0 amide bonds. The van der Waals surface area contributed by atoms with Crippen LogP contribution in [0.3, 0.4) is 0 Å². The molecule has 3 rings (SSSR count). The number of Topliss-reactive ketones (excluding diaryl/α,β-unsaturated/α-hetero) is 1. The van der Waals surface area contributed by atoms with Crippen LogP contribution in [0.2, 0.25) is 0 Å². The topological polar surface area (TPSA) is 71.5 Å². The Bertz CT molecular complexity index is 533. The minimum Gasteiger partial charge on any atom is -0.294 e. The third-order valence-corrected chi connectivity index (χ3v) is 2.92. The van der Waals surface area contributed by atoms with Crippen LogP contribution in [-0.2, 0) is 12.8 Å². The summed E-state index contributed by atoms with van der Waals surface area (Å²) >= 11 is 0. The Hall–Kier alpha value is -2.04. The fourth-order valence-corrected chi connectivity index (χ4v) is 2.16. The van der Waals surface area contributed by atoms with Gasteiger partial charge in [0.25, 0.3) is 0 Å². The first-order chi connectivity index (χ1) is 7.84. The van der Waals surface area contributed by atoms with E-state index in [1.165, 1.54) is 0 Å². The van der Waals surface area contributed by atoms with E-state index in [2.05, 4.69) is 20.6 Å². The third-order valence-electron chi connectivity index (χ3n) is 2.92. The highest BCUT2D eigenvalue weighted by Crippen LogP contribution is 2.26. The molecule has 1 aromatic carbocycles. The molecule has 1 aliphatic rings. The molecule has 0 bridgehead atoms. The molecule has 0 saturated heterocycles. The van der Waals surface area contributed by atoms with Crippen LogP contribution in [0, 0.1) is 0 Å². The van der Waals surface area contributed by atoms with Gasteiger partial charge in [-0.2, -0.15) is 0 Å². The number of aromatic nitrogens is 4. The summed E-state index contributed by atoms with van der Waals surface area (Å²) < 4.78 is 0. The summed E-state index contributed by atoms with van der Waals surface area (Å²) in [6.07, 6.45) is 2.12. The molecular weight excluding hydrogens is 204 g/mol. The number of rotatable bonds is 2. The molecule has 1 aromatic heterocycles. The van der Waals surface area contributed by atoms with Crippen LogP contribution in [0.25, 0.3) is 0 Å². The van der Waals surface area contributed by atoms with E-state index in [1.54, 1.807) is 0 Å². The molecule has 0 atom stereocenters. The van der Waals surface area contributed by atoms with Crippen molar-refractivity contribution in [2.45, 2.75) is 19.3 Å². The molecule has 5 nitrogen and oxygen atoms in total. The molecule has 0 unspecified atom stereocenters. The molecule has 2 aromatic rings. The molecule has 0 saturated carbocycles. The van der Waals surface area contributed by atoms with E-state index in [-0.39, 0.29) is 5.78 Å². The van der Waals surface area contributed by atoms with Gasteiger partial charge in [0.1, 0.15) is 0 Å². The number of nitrogens with one attached hydrogen (secondary N) is 1. The Morgan fingerprint density at radius 1 is 1.31 bits per heavy atom. The Kier molecular flexibility index (Phi) is 2.02. The molecule has 16 heavy (non-hydrogen) atoms. The average molecular weight is 214 g/mol. The van der Waals surface area contributed by atoms with Crippen molar-refractivity contribution in [2.75, 3.05) is 0 Å². The minimum absolute atomic E-state index is 0.243. The summed E-state index contributed by atoms with van der Waals surface area (Å²) in [6.45, 7) is 0. The number of benzene rings is 1. The summed E-state index contributed by atoms with van der Waals surface area (Å²) in [5, 5.41) is 13.7. The van der Waals surface area contributed by atoms with Crippen LogP contribution in [0.1, 0.15) is 33.7 Å². The fraction of sp³-hybridized carbons (Fsp3) is 0.273. The SMILES string of the molecule is O=C1CCc2c(Cc3nnn[nH]3)cccc21. The standard InChI is InChI=1S/C11H10N4O/c16-10-5-4-8-7(2-1-3-9(8)10)6-11-12-14-15-13-11/h1-3H,4-6H2,(H,12,13,14,15). The molecule has 0 radical (unpaired) electrons. The van der Waals surface area contributed by atoms with E-state index in [4.69, 9.17) is 0 Å². The quantitative estimate of drug-likeness (QED) is 0.806. The predicted octanol–water partition coefficient (Wildman–Crippen LogP) is 0.919.